The minimum Gasteiger partial charge on any atom is -0.397 e. The first kappa shape index (κ1) is 12.2. The summed E-state index contributed by atoms with van der Waals surface area (Å²) in [5.74, 6) is -2.76. The number of benzene rings is 1. The highest BCUT2D eigenvalue weighted by Gasteiger charge is 2.13. The Morgan fingerprint density at radius 2 is 1.72 bits per heavy atom. The first-order valence-electron chi connectivity index (χ1n) is 5.11. The average molecular weight is 253 g/mol. The normalized spacial score (nSPS) is 10.4. The minimum absolute atomic E-state index is 0.258. The van der Waals surface area contributed by atoms with E-state index in [9.17, 15) is 13.2 Å². The summed E-state index contributed by atoms with van der Waals surface area (Å²) in [6.07, 6.45) is 1.36. The van der Waals surface area contributed by atoms with Gasteiger partial charge in [-0.25, -0.2) is 18.2 Å². The highest BCUT2D eigenvalue weighted by atomic mass is 19.1. The lowest BCUT2D eigenvalue weighted by atomic mass is 10.2. The maximum atomic E-state index is 13.4. The van der Waals surface area contributed by atoms with Crippen LogP contribution in [0.5, 0.6) is 0 Å². The lowest BCUT2D eigenvalue weighted by Gasteiger charge is -2.10. The topological polar surface area (TPSA) is 50.9 Å². The monoisotopic (exact) mass is 253 g/mol. The van der Waals surface area contributed by atoms with Crippen molar-refractivity contribution < 1.29 is 13.2 Å². The molecule has 0 aliphatic carbocycles. The number of aryl methyl sites for hydroxylation is 1. The summed E-state index contributed by atoms with van der Waals surface area (Å²) in [6.45, 7) is 1.69. The Morgan fingerprint density at radius 3 is 2.28 bits per heavy atom. The number of aromatic nitrogens is 1. The van der Waals surface area contributed by atoms with E-state index in [1.165, 1.54) is 6.20 Å². The molecular formula is C12H10F3N3. The number of halogens is 3. The van der Waals surface area contributed by atoms with Crippen LogP contribution in [0.3, 0.4) is 0 Å². The average Bonchev–Trinajstić information content (AvgIpc) is 2.25. The van der Waals surface area contributed by atoms with E-state index in [4.69, 9.17) is 5.73 Å². The van der Waals surface area contributed by atoms with Crippen LogP contribution in [0.2, 0.25) is 0 Å². The fraction of sp³-hybridized carbons (Fsp3) is 0.0833. The third kappa shape index (κ3) is 2.37. The molecule has 0 aliphatic rings. The van der Waals surface area contributed by atoms with Gasteiger partial charge in [-0.2, -0.15) is 0 Å². The number of nitrogens with zero attached hydrogens (tertiary/aromatic N) is 1. The number of nitrogens with two attached hydrogens (primary N) is 1. The molecule has 1 aromatic heterocycles. The van der Waals surface area contributed by atoms with Gasteiger partial charge >= 0.3 is 0 Å². The molecular weight excluding hydrogens is 243 g/mol. The molecule has 2 rings (SSSR count). The smallest absolute Gasteiger partial charge is 0.152 e. The molecule has 0 atom stereocenters. The Labute approximate surface area is 101 Å². The van der Waals surface area contributed by atoms with Crippen LogP contribution < -0.4 is 11.1 Å². The van der Waals surface area contributed by atoms with E-state index in [-0.39, 0.29) is 5.82 Å². The van der Waals surface area contributed by atoms with Crippen molar-refractivity contribution in [2.75, 3.05) is 11.1 Å². The molecule has 0 aliphatic heterocycles. The minimum atomic E-state index is -1.02. The zero-order valence-electron chi connectivity index (χ0n) is 9.47. The number of hydrogen-bond acceptors (Lipinski definition) is 3. The summed E-state index contributed by atoms with van der Waals surface area (Å²) >= 11 is 0. The van der Waals surface area contributed by atoms with Gasteiger partial charge in [-0.1, -0.05) is 0 Å². The van der Waals surface area contributed by atoms with Gasteiger partial charge in [0.25, 0.3) is 0 Å². The van der Waals surface area contributed by atoms with Crippen LogP contribution in [0.15, 0.2) is 24.4 Å². The van der Waals surface area contributed by atoms with Crippen LogP contribution in [-0.2, 0) is 0 Å². The molecule has 0 radical (unpaired) electrons. The van der Waals surface area contributed by atoms with Crippen molar-refractivity contribution in [2.24, 2.45) is 0 Å². The third-order valence-corrected chi connectivity index (χ3v) is 2.35. The van der Waals surface area contributed by atoms with Gasteiger partial charge in [-0.3, -0.25) is 0 Å². The van der Waals surface area contributed by atoms with E-state index < -0.39 is 23.1 Å². The summed E-state index contributed by atoms with van der Waals surface area (Å²) < 4.78 is 39.6. The van der Waals surface area contributed by atoms with E-state index in [2.05, 4.69) is 10.3 Å². The van der Waals surface area contributed by atoms with Crippen LogP contribution in [-0.4, -0.2) is 4.98 Å². The van der Waals surface area contributed by atoms with Crippen LogP contribution in [0.4, 0.5) is 30.4 Å². The van der Waals surface area contributed by atoms with Gasteiger partial charge in [0.2, 0.25) is 0 Å². The molecule has 94 valence electrons. The van der Waals surface area contributed by atoms with Gasteiger partial charge < -0.3 is 11.1 Å². The molecule has 0 bridgehead atoms. The van der Waals surface area contributed by atoms with Crippen LogP contribution in [0.25, 0.3) is 0 Å². The molecule has 0 unspecified atom stereocenters. The summed E-state index contributed by atoms with van der Waals surface area (Å²) in [5, 5.41) is 2.48. The SMILES string of the molecule is Cc1cc(N)cnc1Nc1c(F)cc(F)cc1F. The van der Waals surface area contributed by atoms with E-state index in [1.54, 1.807) is 13.0 Å². The Hall–Kier alpha value is -2.24. The quantitative estimate of drug-likeness (QED) is 0.864. The first-order chi connectivity index (χ1) is 8.47. The Balaban J connectivity index is 2.40. The van der Waals surface area contributed by atoms with Crippen molar-refractivity contribution in [3.63, 3.8) is 0 Å². The van der Waals surface area contributed by atoms with Crippen molar-refractivity contribution in [3.05, 3.63) is 47.4 Å². The molecule has 0 amide bonds. The zero-order chi connectivity index (χ0) is 13.3. The second-order valence-corrected chi connectivity index (χ2v) is 3.80. The largest absolute Gasteiger partial charge is 0.397 e. The van der Waals surface area contributed by atoms with Gasteiger partial charge in [0.1, 0.15) is 17.3 Å². The van der Waals surface area contributed by atoms with Gasteiger partial charge in [-0.15, -0.1) is 0 Å². The number of rotatable bonds is 2. The molecule has 6 heteroatoms. The van der Waals surface area contributed by atoms with E-state index >= 15 is 0 Å². The highest BCUT2D eigenvalue weighted by molar-refractivity contribution is 5.62. The third-order valence-electron chi connectivity index (χ3n) is 2.35. The van der Waals surface area contributed by atoms with E-state index in [1.807, 2.05) is 0 Å². The van der Waals surface area contributed by atoms with Gasteiger partial charge in [0.05, 0.1) is 11.9 Å². The molecule has 2 aromatic rings. The van der Waals surface area contributed by atoms with Crippen molar-refractivity contribution in [3.8, 4) is 0 Å². The second-order valence-electron chi connectivity index (χ2n) is 3.80. The molecule has 3 nitrogen and oxygen atoms in total. The fourth-order valence-electron chi connectivity index (χ4n) is 1.51. The molecule has 0 saturated carbocycles. The molecule has 3 N–H and O–H groups in total. The number of anilines is 3. The Kier molecular flexibility index (Phi) is 3.10. The predicted octanol–water partition coefficient (Wildman–Crippen LogP) is 3.13. The Morgan fingerprint density at radius 1 is 1.11 bits per heavy atom. The lowest BCUT2D eigenvalue weighted by molar-refractivity contribution is 0.548. The van der Waals surface area contributed by atoms with Gasteiger partial charge in [-0.05, 0) is 18.6 Å². The number of nitrogen functional groups attached to an aromatic ring is 1. The fourth-order valence-corrected chi connectivity index (χ4v) is 1.51. The summed E-state index contributed by atoms with van der Waals surface area (Å²) in [7, 11) is 0. The summed E-state index contributed by atoms with van der Waals surface area (Å²) in [5.41, 5.74) is 6.13. The van der Waals surface area contributed by atoms with Gasteiger partial charge in [0, 0.05) is 12.1 Å². The summed E-state index contributed by atoms with van der Waals surface area (Å²) in [6, 6.07) is 2.80. The maximum absolute atomic E-state index is 13.4. The highest BCUT2D eigenvalue weighted by Crippen LogP contribution is 2.25. The molecule has 0 fully saturated rings. The Bertz CT molecular complexity index is 576. The van der Waals surface area contributed by atoms with Crippen molar-refractivity contribution >= 4 is 17.2 Å². The molecule has 1 aromatic carbocycles. The van der Waals surface area contributed by atoms with E-state index in [0.717, 1.165) is 0 Å². The van der Waals surface area contributed by atoms with Crippen molar-refractivity contribution in [1.82, 2.24) is 4.98 Å². The van der Waals surface area contributed by atoms with Gasteiger partial charge in [0.15, 0.2) is 11.6 Å². The molecule has 0 spiro atoms. The molecule has 18 heavy (non-hydrogen) atoms. The number of pyridine rings is 1. The first-order valence-corrected chi connectivity index (χ1v) is 5.11. The standard InChI is InChI=1S/C12H10F3N3/c1-6-2-8(16)5-17-12(6)18-11-9(14)3-7(13)4-10(11)15/h2-5H,16H2,1H3,(H,17,18). The van der Waals surface area contributed by atoms with E-state index in [0.29, 0.717) is 23.4 Å². The summed E-state index contributed by atoms with van der Waals surface area (Å²) in [4.78, 5) is 3.91. The predicted molar refractivity (Wildman–Crippen MR) is 63.0 cm³/mol. The zero-order valence-corrected chi connectivity index (χ0v) is 9.47. The number of nitrogens with one attached hydrogen (secondary N) is 1. The molecule has 1 heterocycles. The lowest BCUT2D eigenvalue weighted by Crippen LogP contribution is -2.02. The second kappa shape index (κ2) is 4.56. The van der Waals surface area contributed by atoms with Crippen molar-refractivity contribution in [1.29, 1.82) is 0 Å². The van der Waals surface area contributed by atoms with Crippen molar-refractivity contribution in [2.45, 2.75) is 6.92 Å². The van der Waals surface area contributed by atoms with Crippen LogP contribution in [0, 0.1) is 24.4 Å². The van der Waals surface area contributed by atoms with Crippen LogP contribution in [0.1, 0.15) is 5.56 Å². The van der Waals surface area contributed by atoms with Crippen LogP contribution >= 0.6 is 0 Å². The number of hydrogen-bond donors (Lipinski definition) is 2. The maximum Gasteiger partial charge on any atom is 0.152 e. The molecule has 0 saturated heterocycles.